The average Bonchev–Trinajstić information content (AvgIpc) is 3.11. The molecule has 0 radical (unpaired) electrons. The van der Waals surface area contributed by atoms with Crippen molar-refractivity contribution in [3.63, 3.8) is 0 Å². The quantitative estimate of drug-likeness (QED) is 0.750. The molecular weight excluding hydrogens is 350 g/mol. The number of nitrogens with one attached hydrogen (secondary N) is 1. The molecule has 2 aromatic rings. The van der Waals surface area contributed by atoms with Crippen LogP contribution in [0.2, 0.25) is 0 Å². The second-order valence-electron chi connectivity index (χ2n) is 6.42. The normalized spacial score (nSPS) is 11.7. The number of esters is 2. The molecule has 2 rings (SSSR count). The largest absolute Gasteiger partial charge is 0.465 e. The molecule has 0 bridgehead atoms. The number of carbonyl (C=O) groups excluding carboxylic acids is 3. The Morgan fingerprint density at radius 1 is 1.19 bits per heavy atom. The minimum Gasteiger partial charge on any atom is -0.465 e. The molecule has 1 heterocycles. The fourth-order valence-electron chi connectivity index (χ4n) is 2.48. The standard InChI is InChI=1S/C20H23NO6/c1-12(2)17(21-18(22)14-7-5-6-13(3)10-14)20(24)27-11-16-15(8-9-26-16)19(23)25-4/h5-10,12,17H,11H2,1-4H3,(H,21,22)/t17-/m0/s1. The summed E-state index contributed by atoms with van der Waals surface area (Å²) >= 11 is 0. The maximum Gasteiger partial charge on any atom is 0.341 e. The van der Waals surface area contributed by atoms with E-state index in [-0.39, 0.29) is 29.8 Å². The maximum absolute atomic E-state index is 12.5. The summed E-state index contributed by atoms with van der Waals surface area (Å²) < 4.78 is 15.1. The van der Waals surface area contributed by atoms with Gasteiger partial charge >= 0.3 is 11.9 Å². The number of benzene rings is 1. The van der Waals surface area contributed by atoms with Crippen molar-refractivity contribution in [1.29, 1.82) is 0 Å². The van der Waals surface area contributed by atoms with Gasteiger partial charge < -0.3 is 19.2 Å². The Morgan fingerprint density at radius 3 is 2.56 bits per heavy atom. The molecule has 144 valence electrons. The maximum atomic E-state index is 12.5. The number of methoxy groups -OCH3 is 1. The van der Waals surface area contributed by atoms with E-state index < -0.39 is 18.0 Å². The number of rotatable bonds is 7. The number of carbonyl (C=O) groups is 3. The Kier molecular flexibility index (Phi) is 6.76. The molecule has 0 aliphatic carbocycles. The number of aryl methyl sites for hydroxylation is 1. The first-order valence-corrected chi connectivity index (χ1v) is 8.52. The van der Waals surface area contributed by atoms with Crippen molar-refractivity contribution in [2.75, 3.05) is 7.11 Å². The van der Waals surface area contributed by atoms with Crippen LogP contribution >= 0.6 is 0 Å². The third-order valence-corrected chi connectivity index (χ3v) is 3.98. The van der Waals surface area contributed by atoms with Gasteiger partial charge in [-0.1, -0.05) is 31.5 Å². The van der Waals surface area contributed by atoms with Crippen molar-refractivity contribution >= 4 is 17.8 Å². The van der Waals surface area contributed by atoms with Gasteiger partial charge in [0.2, 0.25) is 0 Å². The van der Waals surface area contributed by atoms with Gasteiger partial charge in [-0.25, -0.2) is 9.59 Å². The first-order chi connectivity index (χ1) is 12.8. The molecule has 0 saturated carbocycles. The van der Waals surface area contributed by atoms with Crippen LogP contribution in [0.25, 0.3) is 0 Å². The Labute approximate surface area is 157 Å². The monoisotopic (exact) mass is 373 g/mol. The lowest BCUT2D eigenvalue weighted by Gasteiger charge is -2.21. The van der Waals surface area contributed by atoms with Gasteiger partial charge in [0.05, 0.1) is 13.4 Å². The fraction of sp³-hybridized carbons (Fsp3) is 0.350. The number of hydrogen-bond acceptors (Lipinski definition) is 6. The zero-order valence-corrected chi connectivity index (χ0v) is 15.8. The summed E-state index contributed by atoms with van der Waals surface area (Å²) in [6, 6.07) is 7.68. The van der Waals surface area contributed by atoms with Gasteiger partial charge in [-0.05, 0) is 31.0 Å². The molecule has 1 N–H and O–H groups in total. The molecule has 1 aromatic heterocycles. The van der Waals surface area contributed by atoms with Gasteiger partial charge in [-0.3, -0.25) is 4.79 Å². The molecule has 27 heavy (non-hydrogen) atoms. The minimum absolute atomic E-state index is 0.183. The van der Waals surface area contributed by atoms with Gasteiger partial charge in [-0.15, -0.1) is 0 Å². The SMILES string of the molecule is COC(=O)c1ccoc1COC(=O)[C@@H](NC(=O)c1cccc(C)c1)C(C)C. The van der Waals surface area contributed by atoms with Crippen LogP contribution in [0, 0.1) is 12.8 Å². The summed E-state index contributed by atoms with van der Waals surface area (Å²) in [5.74, 6) is -1.56. The number of amides is 1. The zero-order chi connectivity index (χ0) is 20.0. The van der Waals surface area contributed by atoms with Crippen molar-refractivity contribution in [3.8, 4) is 0 Å². The zero-order valence-electron chi connectivity index (χ0n) is 15.8. The van der Waals surface area contributed by atoms with Crippen LogP contribution in [0.4, 0.5) is 0 Å². The lowest BCUT2D eigenvalue weighted by atomic mass is 10.0. The van der Waals surface area contributed by atoms with Gasteiger partial charge in [0, 0.05) is 5.56 Å². The van der Waals surface area contributed by atoms with Crippen LogP contribution < -0.4 is 5.32 Å². The predicted molar refractivity (Wildman–Crippen MR) is 97.1 cm³/mol. The van der Waals surface area contributed by atoms with Gasteiger partial charge in [0.15, 0.2) is 5.76 Å². The van der Waals surface area contributed by atoms with Crippen LogP contribution in [0.3, 0.4) is 0 Å². The molecule has 0 saturated heterocycles. The Morgan fingerprint density at radius 2 is 1.93 bits per heavy atom. The predicted octanol–water partition coefficient (Wildman–Crippen LogP) is 2.87. The first kappa shape index (κ1) is 20.2. The van der Waals surface area contributed by atoms with Crippen LogP contribution in [0.15, 0.2) is 41.0 Å². The summed E-state index contributed by atoms with van der Waals surface area (Å²) in [4.78, 5) is 36.5. The van der Waals surface area contributed by atoms with E-state index in [2.05, 4.69) is 10.1 Å². The molecule has 1 amide bonds. The summed E-state index contributed by atoms with van der Waals surface area (Å²) in [7, 11) is 1.25. The van der Waals surface area contributed by atoms with E-state index in [1.165, 1.54) is 19.4 Å². The minimum atomic E-state index is -0.838. The van der Waals surface area contributed by atoms with E-state index in [0.717, 1.165) is 5.56 Å². The van der Waals surface area contributed by atoms with Crippen LogP contribution in [0.5, 0.6) is 0 Å². The molecule has 7 heteroatoms. The van der Waals surface area contributed by atoms with Crippen LogP contribution in [0.1, 0.15) is 45.9 Å². The highest BCUT2D eigenvalue weighted by Crippen LogP contribution is 2.15. The van der Waals surface area contributed by atoms with Crippen molar-refractivity contribution < 1.29 is 28.3 Å². The number of hydrogen-bond donors (Lipinski definition) is 1. The Balaban J connectivity index is 2.04. The van der Waals surface area contributed by atoms with Gasteiger partial charge in [-0.2, -0.15) is 0 Å². The third-order valence-electron chi connectivity index (χ3n) is 3.98. The van der Waals surface area contributed by atoms with E-state index in [0.29, 0.717) is 5.56 Å². The van der Waals surface area contributed by atoms with Crippen molar-refractivity contribution in [2.24, 2.45) is 5.92 Å². The van der Waals surface area contributed by atoms with Crippen molar-refractivity contribution in [3.05, 3.63) is 59.0 Å². The topological polar surface area (TPSA) is 94.8 Å². The molecule has 0 spiro atoms. The summed E-state index contributed by atoms with van der Waals surface area (Å²) in [6.07, 6.45) is 1.31. The van der Waals surface area contributed by atoms with E-state index in [1.807, 2.05) is 13.0 Å². The van der Waals surface area contributed by atoms with Crippen molar-refractivity contribution in [2.45, 2.75) is 33.4 Å². The highest BCUT2D eigenvalue weighted by molar-refractivity contribution is 5.97. The summed E-state index contributed by atoms with van der Waals surface area (Å²) in [5, 5.41) is 2.70. The average molecular weight is 373 g/mol. The Bertz CT molecular complexity index is 823. The molecule has 1 atom stereocenters. The van der Waals surface area contributed by atoms with Crippen molar-refractivity contribution in [1.82, 2.24) is 5.32 Å². The second-order valence-corrected chi connectivity index (χ2v) is 6.42. The molecule has 0 unspecified atom stereocenters. The first-order valence-electron chi connectivity index (χ1n) is 8.52. The summed E-state index contributed by atoms with van der Waals surface area (Å²) in [6.45, 7) is 5.25. The fourth-order valence-corrected chi connectivity index (χ4v) is 2.48. The molecule has 7 nitrogen and oxygen atoms in total. The lowest BCUT2D eigenvalue weighted by molar-refractivity contribution is -0.149. The summed E-state index contributed by atoms with van der Waals surface area (Å²) in [5.41, 5.74) is 1.60. The Hall–Kier alpha value is -3.09. The number of ether oxygens (including phenoxy) is 2. The highest BCUT2D eigenvalue weighted by atomic mass is 16.5. The lowest BCUT2D eigenvalue weighted by Crippen LogP contribution is -2.45. The molecule has 0 aliphatic rings. The molecule has 0 fully saturated rings. The highest BCUT2D eigenvalue weighted by Gasteiger charge is 2.27. The molecule has 0 aliphatic heterocycles. The van der Waals surface area contributed by atoms with Crippen LogP contribution in [-0.2, 0) is 20.9 Å². The molecule has 1 aromatic carbocycles. The van der Waals surface area contributed by atoms with E-state index in [9.17, 15) is 14.4 Å². The van der Waals surface area contributed by atoms with Gasteiger partial charge in [0.1, 0.15) is 18.2 Å². The third kappa shape index (κ3) is 5.20. The smallest absolute Gasteiger partial charge is 0.341 e. The molecular formula is C20H23NO6. The van der Waals surface area contributed by atoms with Crippen LogP contribution in [-0.4, -0.2) is 31.0 Å². The second kappa shape index (κ2) is 9.02. The van der Waals surface area contributed by atoms with E-state index in [1.54, 1.807) is 32.0 Å². The number of furan rings is 1. The van der Waals surface area contributed by atoms with E-state index >= 15 is 0 Å². The van der Waals surface area contributed by atoms with E-state index in [4.69, 9.17) is 9.15 Å². The van der Waals surface area contributed by atoms with Gasteiger partial charge in [0.25, 0.3) is 5.91 Å².